The standard InChI is InChI=1S/C6H6Cl2F4/c1-3(9)4(2,10)6(8,12)5(3,7)11/h1-2H3. The fraction of sp³-hybridized carbons (Fsp3) is 1.00. The van der Waals surface area contributed by atoms with E-state index >= 15 is 0 Å². The Labute approximate surface area is 76.8 Å². The van der Waals surface area contributed by atoms with Gasteiger partial charge in [-0.2, -0.15) is 0 Å². The van der Waals surface area contributed by atoms with Gasteiger partial charge in [0.1, 0.15) is 0 Å². The molecular weight excluding hydrogens is 219 g/mol. The van der Waals surface area contributed by atoms with Gasteiger partial charge in [-0.25, -0.2) is 17.6 Å². The zero-order valence-corrected chi connectivity index (χ0v) is 7.78. The molecule has 0 heterocycles. The summed E-state index contributed by atoms with van der Waals surface area (Å²) in [6, 6.07) is 0. The summed E-state index contributed by atoms with van der Waals surface area (Å²) in [5, 5.41) is -7.05. The molecule has 0 aliphatic heterocycles. The van der Waals surface area contributed by atoms with Crippen LogP contribution in [0.15, 0.2) is 0 Å². The predicted molar refractivity (Wildman–Crippen MR) is 38.4 cm³/mol. The highest BCUT2D eigenvalue weighted by Gasteiger charge is 2.90. The maximum atomic E-state index is 13.0. The van der Waals surface area contributed by atoms with Crippen LogP contribution in [0.5, 0.6) is 0 Å². The maximum Gasteiger partial charge on any atom is 0.271 e. The van der Waals surface area contributed by atoms with Gasteiger partial charge in [-0.1, -0.05) is 23.2 Å². The zero-order valence-electron chi connectivity index (χ0n) is 6.27. The molecule has 4 atom stereocenters. The number of hydrogen-bond acceptors (Lipinski definition) is 0. The molecule has 1 aliphatic rings. The quantitative estimate of drug-likeness (QED) is 0.438. The molecule has 0 bridgehead atoms. The van der Waals surface area contributed by atoms with Crippen LogP contribution in [0.2, 0.25) is 0 Å². The van der Waals surface area contributed by atoms with Gasteiger partial charge in [-0.15, -0.1) is 0 Å². The highest BCUT2D eigenvalue weighted by molar-refractivity contribution is 6.36. The van der Waals surface area contributed by atoms with Crippen molar-refractivity contribution in [1.29, 1.82) is 0 Å². The van der Waals surface area contributed by atoms with Crippen LogP contribution in [0.25, 0.3) is 0 Å². The van der Waals surface area contributed by atoms with Crippen LogP contribution >= 0.6 is 23.2 Å². The number of hydrogen-bond donors (Lipinski definition) is 0. The van der Waals surface area contributed by atoms with E-state index in [1.165, 1.54) is 0 Å². The van der Waals surface area contributed by atoms with Crippen LogP contribution in [0, 0.1) is 0 Å². The van der Waals surface area contributed by atoms with Crippen molar-refractivity contribution in [2.75, 3.05) is 0 Å². The molecule has 0 aromatic carbocycles. The van der Waals surface area contributed by atoms with Crippen LogP contribution < -0.4 is 0 Å². The second-order valence-corrected chi connectivity index (χ2v) is 4.20. The molecule has 0 amide bonds. The molecule has 1 rings (SSSR count). The third-order valence-electron chi connectivity index (χ3n) is 2.46. The van der Waals surface area contributed by atoms with Gasteiger partial charge in [0.15, 0.2) is 11.3 Å². The summed E-state index contributed by atoms with van der Waals surface area (Å²) in [6.45, 7) is 1.06. The van der Waals surface area contributed by atoms with E-state index in [0.717, 1.165) is 0 Å². The van der Waals surface area contributed by atoms with E-state index in [1.807, 2.05) is 0 Å². The van der Waals surface area contributed by atoms with Crippen molar-refractivity contribution < 1.29 is 17.6 Å². The Morgan fingerprint density at radius 2 is 0.917 bits per heavy atom. The first kappa shape index (κ1) is 10.4. The molecule has 1 saturated carbocycles. The number of rotatable bonds is 0. The highest BCUT2D eigenvalue weighted by Crippen LogP contribution is 2.69. The second kappa shape index (κ2) is 2.03. The molecule has 0 nitrogen and oxygen atoms in total. The van der Waals surface area contributed by atoms with E-state index in [9.17, 15) is 17.6 Å². The lowest BCUT2D eigenvalue weighted by atomic mass is 9.66. The van der Waals surface area contributed by atoms with Gasteiger partial charge in [-0.3, -0.25) is 0 Å². The smallest absolute Gasteiger partial charge is 0.235 e. The molecule has 0 aromatic heterocycles. The number of halogens is 6. The van der Waals surface area contributed by atoms with Crippen LogP contribution in [0.4, 0.5) is 17.6 Å². The lowest BCUT2D eigenvalue weighted by Gasteiger charge is -2.58. The fourth-order valence-electron chi connectivity index (χ4n) is 1.12. The minimum absolute atomic E-state index is 0.528. The van der Waals surface area contributed by atoms with Crippen LogP contribution in [-0.4, -0.2) is 21.6 Å². The molecule has 6 heteroatoms. The van der Waals surface area contributed by atoms with Crippen molar-refractivity contribution >= 4 is 23.2 Å². The van der Waals surface area contributed by atoms with Crippen molar-refractivity contribution in [3.05, 3.63) is 0 Å². The van der Waals surface area contributed by atoms with E-state index in [0.29, 0.717) is 13.8 Å². The summed E-state index contributed by atoms with van der Waals surface area (Å²) in [7, 11) is 0. The van der Waals surface area contributed by atoms with E-state index in [4.69, 9.17) is 23.2 Å². The number of alkyl halides is 6. The van der Waals surface area contributed by atoms with E-state index < -0.39 is 21.6 Å². The van der Waals surface area contributed by atoms with Gasteiger partial charge >= 0.3 is 0 Å². The van der Waals surface area contributed by atoms with Crippen LogP contribution in [-0.2, 0) is 0 Å². The van der Waals surface area contributed by atoms with Gasteiger partial charge in [-0.05, 0) is 13.8 Å². The Balaban J connectivity index is 3.16. The van der Waals surface area contributed by atoms with Gasteiger partial charge in [0, 0.05) is 0 Å². The largest absolute Gasteiger partial charge is 0.271 e. The first-order valence-electron chi connectivity index (χ1n) is 3.13. The minimum atomic E-state index is -3.52. The SMILES string of the molecule is CC1(F)C(C)(F)C(F)(Cl)C1(F)Cl. The van der Waals surface area contributed by atoms with Crippen molar-refractivity contribution in [3.8, 4) is 0 Å². The highest BCUT2D eigenvalue weighted by atomic mass is 35.5. The molecule has 72 valence electrons. The Morgan fingerprint density at radius 1 is 0.750 bits per heavy atom. The van der Waals surface area contributed by atoms with Crippen LogP contribution in [0.1, 0.15) is 13.8 Å². The first-order chi connectivity index (χ1) is 5.00. The lowest BCUT2D eigenvalue weighted by molar-refractivity contribution is -0.263. The van der Waals surface area contributed by atoms with E-state index in [1.54, 1.807) is 0 Å². The molecule has 0 aromatic rings. The molecule has 0 N–H and O–H groups in total. The van der Waals surface area contributed by atoms with Crippen molar-refractivity contribution in [2.45, 2.75) is 35.4 Å². The summed E-state index contributed by atoms with van der Waals surface area (Å²) < 4.78 is 51.9. The summed E-state index contributed by atoms with van der Waals surface area (Å²) in [4.78, 5) is 0. The summed E-state index contributed by atoms with van der Waals surface area (Å²) >= 11 is 9.57. The monoisotopic (exact) mass is 224 g/mol. The summed E-state index contributed by atoms with van der Waals surface area (Å²) in [5.41, 5.74) is -6.25. The molecule has 0 radical (unpaired) electrons. The van der Waals surface area contributed by atoms with Crippen molar-refractivity contribution in [1.82, 2.24) is 0 Å². The molecule has 4 unspecified atom stereocenters. The second-order valence-electron chi connectivity index (χ2n) is 3.15. The average Bonchev–Trinajstić information content (AvgIpc) is 1.84. The lowest BCUT2D eigenvalue weighted by Crippen LogP contribution is -2.82. The minimum Gasteiger partial charge on any atom is -0.235 e. The molecule has 1 aliphatic carbocycles. The van der Waals surface area contributed by atoms with Gasteiger partial charge in [0.05, 0.1) is 0 Å². The topological polar surface area (TPSA) is 0 Å². The van der Waals surface area contributed by atoms with Crippen molar-refractivity contribution in [3.63, 3.8) is 0 Å². The summed E-state index contributed by atoms with van der Waals surface area (Å²) in [6.07, 6.45) is 0. The summed E-state index contributed by atoms with van der Waals surface area (Å²) in [5.74, 6) is 0. The fourth-order valence-corrected chi connectivity index (χ4v) is 1.83. The third-order valence-corrected chi connectivity index (χ3v) is 3.78. The van der Waals surface area contributed by atoms with Gasteiger partial charge < -0.3 is 0 Å². The maximum absolute atomic E-state index is 13.0. The molecular formula is C6H6Cl2F4. The third kappa shape index (κ3) is 0.676. The zero-order chi connectivity index (χ0) is 10.0. The van der Waals surface area contributed by atoms with E-state index in [2.05, 4.69) is 0 Å². The van der Waals surface area contributed by atoms with Crippen LogP contribution in [0.3, 0.4) is 0 Å². The van der Waals surface area contributed by atoms with E-state index in [-0.39, 0.29) is 0 Å². The predicted octanol–water partition coefficient (Wildman–Crippen LogP) is 3.27. The van der Waals surface area contributed by atoms with Gasteiger partial charge in [0.2, 0.25) is 0 Å². The Bertz CT molecular complexity index is 158. The molecule has 0 spiro atoms. The molecule has 12 heavy (non-hydrogen) atoms. The Kier molecular flexibility index (Phi) is 1.76. The normalized spacial score (nSPS) is 66.0. The molecule has 0 saturated heterocycles. The Morgan fingerprint density at radius 3 is 1.00 bits per heavy atom. The Hall–Kier alpha value is 0.300. The molecule has 1 fully saturated rings. The van der Waals surface area contributed by atoms with Gasteiger partial charge in [0.25, 0.3) is 10.3 Å². The average molecular weight is 225 g/mol. The van der Waals surface area contributed by atoms with Crippen molar-refractivity contribution in [2.24, 2.45) is 0 Å². The first-order valence-corrected chi connectivity index (χ1v) is 3.89.